The Labute approximate surface area is 92.1 Å². The number of nitrogens with zero attached hydrogens (tertiary/aromatic N) is 1. The van der Waals surface area contributed by atoms with Crippen molar-refractivity contribution in [2.45, 2.75) is 32.1 Å². The van der Waals surface area contributed by atoms with E-state index in [2.05, 4.69) is 11.9 Å². The van der Waals surface area contributed by atoms with Crippen LogP contribution in [-0.4, -0.2) is 16.1 Å². The Morgan fingerprint density at radius 3 is 2.80 bits per heavy atom. The third kappa shape index (κ3) is 1.84. The Morgan fingerprint density at radius 1 is 1.60 bits per heavy atom. The molecule has 0 saturated heterocycles. The van der Waals surface area contributed by atoms with Gasteiger partial charge in [-0.3, -0.25) is 0 Å². The van der Waals surface area contributed by atoms with Gasteiger partial charge in [-0.1, -0.05) is 19.8 Å². The molecular formula is C10H14N2O2S. The van der Waals surface area contributed by atoms with E-state index in [1.54, 1.807) is 0 Å². The molecule has 1 saturated carbocycles. The number of hydrogen-bond donors (Lipinski definition) is 2. The van der Waals surface area contributed by atoms with E-state index in [1.165, 1.54) is 24.2 Å². The third-order valence-electron chi connectivity index (χ3n) is 3.05. The molecule has 3 N–H and O–H groups in total. The molecule has 0 radical (unpaired) electrons. The highest BCUT2D eigenvalue weighted by molar-refractivity contribution is 7.16. The minimum absolute atomic E-state index is 0.0223. The molecule has 1 aromatic heterocycles. The van der Waals surface area contributed by atoms with Gasteiger partial charge in [0.15, 0.2) is 5.69 Å². The minimum Gasteiger partial charge on any atom is -0.476 e. The predicted octanol–water partition coefficient (Wildman–Crippen LogP) is 2.33. The highest BCUT2D eigenvalue weighted by Crippen LogP contribution is 2.41. The summed E-state index contributed by atoms with van der Waals surface area (Å²) in [5, 5.41) is 10.1. The van der Waals surface area contributed by atoms with E-state index in [4.69, 9.17) is 10.8 Å². The minimum atomic E-state index is -1.03. The summed E-state index contributed by atoms with van der Waals surface area (Å²) in [6, 6.07) is 0. The molecule has 2 atom stereocenters. The highest BCUT2D eigenvalue weighted by Gasteiger charge is 2.29. The quantitative estimate of drug-likeness (QED) is 0.811. The second-order valence-electron chi connectivity index (χ2n) is 4.08. The van der Waals surface area contributed by atoms with Crippen LogP contribution in [0.4, 0.5) is 5.00 Å². The number of nitrogens with two attached hydrogens (primary N) is 1. The molecule has 2 unspecified atom stereocenters. The fourth-order valence-corrected chi connectivity index (χ4v) is 3.27. The maximum Gasteiger partial charge on any atom is 0.357 e. The molecule has 4 nitrogen and oxygen atoms in total. The van der Waals surface area contributed by atoms with Gasteiger partial charge in [0.2, 0.25) is 0 Å². The summed E-state index contributed by atoms with van der Waals surface area (Å²) < 4.78 is 0. The van der Waals surface area contributed by atoms with E-state index in [9.17, 15) is 4.79 Å². The number of carboxylic acids is 1. The van der Waals surface area contributed by atoms with Crippen LogP contribution in [0.3, 0.4) is 0 Å². The zero-order valence-electron chi connectivity index (χ0n) is 8.56. The van der Waals surface area contributed by atoms with Crippen molar-refractivity contribution in [1.29, 1.82) is 0 Å². The fourth-order valence-electron chi connectivity index (χ4n) is 2.17. The van der Waals surface area contributed by atoms with Crippen molar-refractivity contribution in [3.05, 3.63) is 10.7 Å². The molecule has 1 aliphatic carbocycles. The molecule has 0 aliphatic heterocycles. The van der Waals surface area contributed by atoms with E-state index in [-0.39, 0.29) is 5.69 Å². The highest BCUT2D eigenvalue weighted by atomic mass is 32.1. The number of nitrogen functional groups attached to an aromatic ring is 1. The maximum absolute atomic E-state index is 10.8. The Balaban J connectivity index is 2.29. The zero-order valence-corrected chi connectivity index (χ0v) is 9.38. The smallest absolute Gasteiger partial charge is 0.357 e. The molecule has 1 aromatic rings. The van der Waals surface area contributed by atoms with Crippen LogP contribution < -0.4 is 5.73 Å². The molecular weight excluding hydrogens is 212 g/mol. The van der Waals surface area contributed by atoms with Crippen molar-refractivity contribution in [1.82, 2.24) is 4.98 Å². The van der Waals surface area contributed by atoms with Gasteiger partial charge in [-0.25, -0.2) is 9.78 Å². The first-order chi connectivity index (χ1) is 7.09. The predicted molar refractivity (Wildman–Crippen MR) is 59.2 cm³/mol. The van der Waals surface area contributed by atoms with Crippen LogP contribution in [-0.2, 0) is 0 Å². The van der Waals surface area contributed by atoms with Gasteiger partial charge in [0, 0.05) is 5.92 Å². The average molecular weight is 226 g/mol. The van der Waals surface area contributed by atoms with Crippen LogP contribution in [0, 0.1) is 5.92 Å². The van der Waals surface area contributed by atoms with Gasteiger partial charge in [-0.2, -0.15) is 0 Å². The molecule has 2 rings (SSSR count). The molecule has 0 spiro atoms. The molecule has 15 heavy (non-hydrogen) atoms. The van der Waals surface area contributed by atoms with E-state index in [1.807, 2.05) is 0 Å². The molecule has 1 fully saturated rings. The van der Waals surface area contributed by atoms with Crippen molar-refractivity contribution in [2.24, 2.45) is 5.92 Å². The lowest BCUT2D eigenvalue weighted by atomic mass is 9.99. The summed E-state index contributed by atoms with van der Waals surface area (Å²) in [4.78, 5) is 14.9. The zero-order chi connectivity index (χ0) is 11.0. The van der Waals surface area contributed by atoms with Crippen LogP contribution in [0.5, 0.6) is 0 Å². The Morgan fingerprint density at radius 2 is 2.33 bits per heavy atom. The van der Waals surface area contributed by atoms with Crippen LogP contribution in [0.2, 0.25) is 0 Å². The van der Waals surface area contributed by atoms with E-state index in [0.29, 0.717) is 16.8 Å². The SMILES string of the molecule is CC1CCCC1c1nc(C(=O)O)c(N)s1. The maximum atomic E-state index is 10.8. The van der Waals surface area contributed by atoms with E-state index >= 15 is 0 Å². The van der Waals surface area contributed by atoms with Gasteiger partial charge < -0.3 is 10.8 Å². The Bertz CT molecular complexity index is 389. The van der Waals surface area contributed by atoms with Crippen molar-refractivity contribution in [2.75, 3.05) is 5.73 Å². The van der Waals surface area contributed by atoms with Gasteiger partial charge in [0.1, 0.15) is 5.00 Å². The standard InChI is InChI=1S/C10H14N2O2S/c1-5-3-2-4-6(5)9-12-7(10(13)14)8(11)15-9/h5-6H,2-4,11H2,1H3,(H,13,14). The summed E-state index contributed by atoms with van der Waals surface area (Å²) in [5.41, 5.74) is 5.65. The second kappa shape index (κ2) is 3.81. The average Bonchev–Trinajstić information content (AvgIpc) is 2.71. The first-order valence-corrected chi connectivity index (χ1v) is 5.90. The second-order valence-corrected chi connectivity index (χ2v) is 5.15. The van der Waals surface area contributed by atoms with Crippen LogP contribution in [0.25, 0.3) is 0 Å². The summed E-state index contributed by atoms with van der Waals surface area (Å²) in [6.07, 6.45) is 3.51. The summed E-state index contributed by atoms with van der Waals surface area (Å²) in [6.45, 7) is 2.19. The van der Waals surface area contributed by atoms with Crippen LogP contribution in [0.15, 0.2) is 0 Å². The van der Waals surface area contributed by atoms with Gasteiger partial charge in [0.25, 0.3) is 0 Å². The van der Waals surface area contributed by atoms with Crippen LogP contribution in [0.1, 0.15) is 47.6 Å². The van der Waals surface area contributed by atoms with Crippen molar-refractivity contribution in [3.63, 3.8) is 0 Å². The Kier molecular flexibility index (Phi) is 2.65. The first-order valence-electron chi connectivity index (χ1n) is 5.09. The number of anilines is 1. The molecule has 1 aliphatic rings. The Hall–Kier alpha value is -1.10. The number of carbonyl (C=O) groups is 1. The topological polar surface area (TPSA) is 76.2 Å². The monoisotopic (exact) mass is 226 g/mol. The largest absolute Gasteiger partial charge is 0.476 e. The lowest BCUT2D eigenvalue weighted by Crippen LogP contribution is -2.04. The van der Waals surface area contributed by atoms with Gasteiger partial charge in [0.05, 0.1) is 5.01 Å². The summed E-state index contributed by atoms with van der Waals surface area (Å²) in [5.74, 6) is -0.0248. The fraction of sp³-hybridized carbons (Fsp3) is 0.600. The molecule has 0 amide bonds. The molecule has 1 heterocycles. The number of aromatic carboxylic acids is 1. The number of thiazole rings is 1. The number of aromatic nitrogens is 1. The first kappa shape index (κ1) is 10.4. The van der Waals surface area contributed by atoms with Crippen molar-refractivity contribution >= 4 is 22.3 Å². The summed E-state index contributed by atoms with van der Waals surface area (Å²) in [7, 11) is 0. The van der Waals surface area contributed by atoms with E-state index in [0.717, 1.165) is 11.4 Å². The number of carboxylic acid groups (broad SMARTS) is 1. The lowest BCUT2D eigenvalue weighted by Gasteiger charge is -2.10. The van der Waals surface area contributed by atoms with E-state index < -0.39 is 5.97 Å². The lowest BCUT2D eigenvalue weighted by molar-refractivity contribution is 0.0692. The number of hydrogen-bond acceptors (Lipinski definition) is 4. The van der Waals surface area contributed by atoms with Crippen molar-refractivity contribution < 1.29 is 9.90 Å². The number of rotatable bonds is 2. The molecule has 0 aromatic carbocycles. The van der Waals surface area contributed by atoms with Gasteiger partial charge in [-0.15, -0.1) is 11.3 Å². The molecule has 5 heteroatoms. The normalized spacial score (nSPS) is 25.7. The van der Waals surface area contributed by atoms with Crippen molar-refractivity contribution in [3.8, 4) is 0 Å². The van der Waals surface area contributed by atoms with Gasteiger partial charge in [-0.05, 0) is 12.3 Å². The van der Waals surface area contributed by atoms with Gasteiger partial charge >= 0.3 is 5.97 Å². The molecule has 0 bridgehead atoms. The molecule has 82 valence electrons. The van der Waals surface area contributed by atoms with Crippen LogP contribution >= 0.6 is 11.3 Å². The summed E-state index contributed by atoms with van der Waals surface area (Å²) >= 11 is 1.33. The third-order valence-corrected chi connectivity index (χ3v) is 4.07.